The van der Waals surface area contributed by atoms with Gasteiger partial charge in [-0.15, -0.1) is 0 Å². The predicted molar refractivity (Wildman–Crippen MR) is 146 cm³/mol. The number of carbonyl (C=O) groups excluding carboxylic acids is 3. The fourth-order valence-electron chi connectivity index (χ4n) is 4.36. The minimum atomic E-state index is -0.645. The highest BCUT2D eigenvalue weighted by Gasteiger charge is 2.31. The third-order valence-corrected chi connectivity index (χ3v) is 6.38. The highest BCUT2D eigenvalue weighted by Crippen LogP contribution is 2.33. The average molecular weight is 502 g/mol. The molecule has 194 valence electrons. The van der Waals surface area contributed by atoms with Gasteiger partial charge in [-0.05, 0) is 44.5 Å². The van der Waals surface area contributed by atoms with Gasteiger partial charge in [-0.1, -0.05) is 68.7 Å². The summed E-state index contributed by atoms with van der Waals surface area (Å²) >= 11 is 0. The Hall–Kier alpha value is -3.93. The Bertz CT molecular complexity index is 1230. The lowest BCUT2D eigenvalue weighted by atomic mass is 9.87. The van der Waals surface area contributed by atoms with Crippen LogP contribution in [0.4, 0.5) is 5.69 Å². The molecule has 0 bridgehead atoms. The van der Waals surface area contributed by atoms with Gasteiger partial charge < -0.3 is 14.7 Å². The van der Waals surface area contributed by atoms with E-state index < -0.39 is 17.5 Å². The maximum Gasteiger partial charge on any atom is 0.338 e. The molecule has 0 aliphatic carbocycles. The average Bonchev–Trinajstić information content (AvgIpc) is 2.93. The Kier molecular flexibility index (Phi) is 10.0. The summed E-state index contributed by atoms with van der Waals surface area (Å²) < 4.78 is 5.55. The van der Waals surface area contributed by atoms with E-state index in [-0.39, 0.29) is 34.6 Å². The van der Waals surface area contributed by atoms with Crippen molar-refractivity contribution in [2.24, 2.45) is 0 Å². The van der Waals surface area contributed by atoms with Crippen molar-refractivity contribution in [3.05, 3.63) is 94.5 Å². The first kappa shape index (κ1) is 27.7. The second kappa shape index (κ2) is 13.4. The van der Waals surface area contributed by atoms with Gasteiger partial charge >= 0.3 is 5.97 Å². The first-order valence-corrected chi connectivity index (χ1v) is 13.0. The highest BCUT2D eigenvalue weighted by atomic mass is 16.5. The number of aromatic hydroxyl groups is 1. The van der Waals surface area contributed by atoms with Crippen molar-refractivity contribution in [3.8, 4) is 5.75 Å². The first-order valence-electron chi connectivity index (χ1n) is 13.0. The summed E-state index contributed by atoms with van der Waals surface area (Å²) in [5.41, 5.74) is 1.04. The van der Waals surface area contributed by atoms with Gasteiger partial charge in [0, 0.05) is 24.3 Å². The first-order chi connectivity index (χ1) is 17.9. The van der Waals surface area contributed by atoms with Crippen LogP contribution in [-0.4, -0.2) is 42.3 Å². The molecular weight excluding hydrogens is 466 g/mol. The van der Waals surface area contributed by atoms with E-state index in [4.69, 9.17) is 4.74 Å². The number of phenolic OH excluding ortho intramolecular Hbond substituents is 1. The van der Waals surface area contributed by atoms with Crippen LogP contribution in [0.2, 0.25) is 0 Å². The highest BCUT2D eigenvalue weighted by molar-refractivity contribution is 6.25. The molecule has 37 heavy (non-hydrogen) atoms. The lowest BCUT2D eigenvalue weighted by Crippen LogP contribution is -2.27. The van der Waals surface area contributed by atoms with Crippen LogP contribution in [0.5, 0.6) is 5.75 Å². The minimum Gasteiger partial charge on any atom is -0.507 e. The van der Waals surface area contributed by atoms with E-state index in [9.17, 15) is 19.5 Å². The Morgan fingerprint density at radius 3 is 2.05 bits per heavy atom. The van der Waals surface area contributed by atoms with Gasteiger partial charge in [0.2, 0.25) is 0 Å². The molecule has 0 spiro atoms. The maximum atomic E-state index is 14.0. The second-order valence-electron chi connectivity index (χ2n) is 8.79. The summed E-state index contributed by atoms with van der Waals surface area (Å²) in [4.78, 5) is 43.2. The number of benzene rings is 3. The number of rotatable bonds is 13. The summed E-state index contributed by atoms with van der Waals surface area (Å²) in [6.45, 7) is 7.41. The number of hydrogen-bond donors (Lipinski definition) is 1. The molecular formula is C31H35NO5. The number of carbonyl (C=O) groups is 3. The van der Waals surface area contributed by atoms with Gasteiger partial charge in [0.1, 0.15) is 5.75 Å². The fourth-order valence-corrected chi connectivity index (χ4v) is 4.36. The zero-order valence-electron chi connectivity index (χ0n) is 21.8. The zero-order chi connectivity index (χ0) is 26.8. The molecule has 3 rings (SSSR count). The number of anilines is 1. The summed E-state index contributed by atoms with van der Waals surface area (Å²) in [5.74, 6) is -1.82. The second-order valence-corrected chi connectivity index (χ2v) is 8.79. The molecule has 0 aliphatic rings. The van der Waals surface area contributed by atoms with Crippen molar-refractivity contribution >= 4 is 23.2 Å². The lowest BCUT2D eigenvalue weighted by molar-refractivity contribution is 0.0495. The molecule has 1 N–H and O–H groups in total. The number of nitrogens with zero attached hydrogens (tertiary/aromatic N) is 1. The Labute approximate surface area is 218 Å². The number of ether oxygens (including phenoxy) is 1. The SMILES string of the molecule is CCCCCCOC(=O)c1ccc(N(CC)CC)c(C(=O)c2ccccc2O)c1C(=O)c1ccccc1. The maximum absolute atomic E-state index is 14.0. The predicted octanol–water partition coefficient (Wildman–Crippen LogP) is 6.44. The molecule has 0 fully saturated rings. The lowest BCUT2D eigenvalue weighted by Gasteiger charge is -2.26. The molecule has 0 unspecified atom stereocenters. The van der Waals surface area contributed by atoms with Gasteiger partial charge in [0.05, 0.1) is 28.9 Å². The summed E-state index contributed by atoms with van der Waals surface area (Å²) in [5, 5.41) is 10.5. The number of unbranched alkanes of at least 4 members (excludes halogenated alkanes) is 3. The van der Waals surface area contributed by atoms with Crippen LogP contribution in [-0.2, 0) is 4.74 Å². The van der Waals surface area contributed by atoms with E-state index in [2.05, 4.69) is 6.92 Å². The quantitative estimate of drug-likeness (QED) is 0.165. The normalized spacial score (nSPS) is 10.7. The molecule has 0 heterocycles. The van der Waals surface area contributed by atoms with Crippen LogP contribution >= 0.6 is 0 Å². The monoisotopic (exact) mass is 501 g/mol. The van der Waals surface area contributed by atoms with Gasteiger partial charge in [-0.3, -0.25) is 9.59 Å². The Balaban J connectivity index is 2.23. The van der Waals surface area contributed by atoms with Crippen LogP contribution in [0.3, 0.4) is 0 Å². The van der Waals surface area contributed by atoms with Gasteiger partial charge in [0.15, 0.2) is 11.6 Å². The summed E-state index contributed by atoms with van der Waals surface area (Å²) in [6.07, 6.45) is 3.78. The van der Waals surface area contributed by atoms with Crippen LogP contribution < -0.4 is 4.90 Å². The zero-order valence-corrected chi connectivity index (χ0v) is 21.8. The van der Waals surface area contributed by atoms with Crippen molar-refractivity contribution in [1.29, 1.82) is 0 Å². The van der Waals surface area contributed by atoms with Crippen LogP contribution in [0, 0.1) is 0 Å². The molecule has 0 saturated heterocycles. The van der Waals surface area contributed by atoms with Crippen molar-refractivity contribution in [1.82, 2.24) is 0 Å². The largest absolute Gasteiger partial charge is 0.507 e. The van der Waals surface area contributed by atoms with Gasteiger partial charge in [0.25, 0.3) is 0 Å². The molecule has 3 aromatic carbocycles. The van der Waals surface area contributed by atoms with E-state index in [0.29, 0.717) is 24.3 Å². The third-order valence-electron chi connectivity index (χ3n) is 6.38. The number of para-hydroxylation sites is 1. The Morgan fingerprint density at radius 2 is 1.41 bits per heavy atom. The topological polar surface area (TPSA) is 83.9 Å². The van der Waals surface area contributed by atoms with Crippen molar-refractivity contribution in [2.75, 3.05) is 24.6 Å². The molecule has 0 aromatic heterocycles. The van der Waals surface area contributed by atoms with E-state index in [1.165, 1.54) is 12.1 Å². The number of esters is 1. The standard InChI is InChI=1S/C31H35NO5/c1-4-7-8-14-21-37-31(36)24-19-20-25(32(5-2)6-3)28(30(35)23-17-12-13-18-26(23)33)27(24)29(34)22-15-10-9-11-16-22/h9-13,15-20,33H,4-8,14,21H2,1-3H3. The molecule has 0 amide bonds. The smallest absolute Gasteiger partial charge is 0.338 e. The van der Waals surface area contributed by atoms with E-state index in [0.717, 1.165) is 25.7 Å². The molecule has 6 nitrogen and oxygen atoms in total. The van der Waals surface area contributed by atoms with Crippen molar-refractivity contribution in [3.63, 3.8) is 0 Å². The van der Waals surface area contributed by atoms with Gasteiger partial charge in [-0.25, -0.2) is 4.79 Å². The molecule has 6 heteroatoms. The number of hydrogen-bond acceptors (Lipinski definition) is 6. The molecule has 0 saturated carbocycles. The van der Waals surface area contributed by atoms with Crippen LogP contribution in [0.15, 0.2) is 66.7 Å². The van der Waals surface area contributed by atoms with E-state index >= 15 is 0 Å². The van der Waals surface area contributed by atoms with Crippen LogP contribution in [0.1, 0.15) is 88.7 Å². The van der Waals surface area contributed by atoms with Crippen LogP contribution in [0.25, 0.3) is 0 Å². The Morgan fingerprint density at radius 1 is 0.730 bits per heavy atom. The van der Waals surface area contributed by atoms with Crippen molar-refractivity contribution < 1.29 is 24.2 Å². The minimum absolute atomic E-state index is 0.0117. The van der Waals surface area contributed by atoms with E-state index in [1.54, 1.807) is 54.6 Å². The third kappa shape index (κ3) is 6.45. The molecule has 0 aliphatic heterocycles. The summed E-state index contributed by atoms with van der Waals surface area (Å²) in [6, 6.07) is 18.0. The molecule has 3 aromatic rings. The summed E-state index contributed by atoms with van der Waals surface area (Å²) in [7, 11) is 0. The van der Waals surface area contributed by atoms with Crippen molar-refractivity contribution in [2.45, 2.75) is 46.5 Å². The fraction of sp³-hybridized carbons (Fsp3) is 0.323. The van der Waals surface area contributed by atoms with Gasteiger partial charge in [-0.2, -0.15) is 0 Å². The number of phenols is 1. The molecule has 0 radical (unpaired) electrons. The molecule has 0 atom stereocenters. The van der Waals surface area contributed by atoms with E-state index in [1.807, 2.05) is 18.7 Å². The number of ketones is 2.